The highest BCUT2D eigenvalue weighted by atomic mass is 16.5. The Morgan fingerprint density at radius 3 is 1.78 bits per heavy atom. The van der Waals surface area contributed by atoms with Gasteiger partial charge in [-0.1, -0.05) is 154 Å². The molecule has 0 amide bonds. The lowest BCUT2D eigenvalue weighted by Crippen LogP contribution is -2.42. The first-order valence-electron chi connectivity index (χ1n) is 18.3. The molecular weight excluding hydrogens is 627 g/mol. The van der Waals surface area contributed by atoms with Gasteiger partial charge in [0.15, 0.2) is 5.78 Å². The molecule has 0 aliphatic rings. The molecule has 6 aromatic rings. The van der Waals surface area contributed by atoms with E-state index >= 15 is 0 Å². The first-order valence-corrected chi connectivity index (χ1v) is 18.3. The maximum atomic E-state index is 13.4. The van der Waals surface area contributed by atoms with E-state index in [0.717, 1.165) is 63.2 Å². The van der Waals surface area contributed by atoms with Crippen molar-refractivity contribution in [3.8, 4) is 5.75 Å². The quantitative estimate of drug-likeness (QED) is 0.0850. The lowest BCUT2D eigenvalue weighted by molar-refractivity contribution is -0.123. The highest BCUT2D eigenvalue weighted by Gasteiger charge is 2.41. The molecule has 6 aromatic carbocycles. The molecule has 0 radical (unpaired) electrons. The normalized spacial score (nSPS) is 12.0. The Balaban J connectivity index is 0.000000202. The summed E-state index contributed by atoms with van der Waals surface area (Å²) < 4.78 is 6.02. The van der Waals surface area contributed by atoms with Crippen LogP contribution < -0.4 is 4.74 Å². The van der Waals surface area contributed by atoms with Crippen LogP contribution in [0, 0.1) is 0 Å². The first kappa shape index (κ1) is 37.2. The SMILES string of the molecule is CCC(=O)C(CC(C)N(C)C)(c1ccccc1)c1ccccc1.CCCCCOc1ccc(C(=O)c2cccc3ccccc23)c2ccccc12. The third-order valence-electron chi connectivity index (χ3n) is 9.98. The van der Waals surface area contributed by atoms with Crippen LogP contribution in [0.5, 0.6) is 5.75 Å². The van der Waals surface area contributed by atoms with Crippen molar-refractivity contribution in [2.45, 2.75) is 64.3 Å². The zero-order chi connectivity index (χ0) is 36.2. The molecule has 0 saturated heterocycles. The Bertz CT molecular complexity index is 1990. The van der Waals surface area contributed by atoms with Crippen molar-refractivity contribution in [3.63, 3.8) is 0 Å². The Kier molecular flexibility index (Phi) is 12.9. The van der Waals surface area contributed by atoms with Gasteiger partial charge in [0.05, 0.1) is 12.0 Å². The monoisotopic (exact) mass is 677 g/mol. The van der Waals surface area contributed by atoms with Crippen molar-refractivity contribution in [1.29, 1.82) is 0 Å². The molecule has 1 unspecified atom stereocenters. The van der Waals surface area contributed by atoms with E-state index in [-0.39, 0.29) is 11.6 Å². The molecule has 4 heteroatoms. The Hall–Kier alpha value is -5.06. The summed E-state index contributed by atoms with van der Waals surface area (Å²) in [5.41, 5.74) is 3.05. The van der Waals surface area contributed by atoms with E-state index in [2.05, 4.69) is 57.1 Å². The number of benzene rings is 6. The van der Waals surface area contributed by atoms with Gasteiger partial charge in [-0.05, 0) is 73.3 Å². The van der Waals surface area contributed by atoms with Gasteiger partial charge in [0, 0.05) is 29.0 Å². The minimum Gasteiger partial charge on any atom is -0.493 e. The molecule has 51 heavy (non-hydrogen) atoms. The van der Waals surface area contributed by atoms with Crippen LogP contribution in [0.2, 0.25) is 0 Å². The van der Waals surface area contributed by atoms with Crippen LogP contribution in [0.3, 0.4) is 0 Å². The average Bonchev–Trinajstić information content (AvgIpc) is 3.18. The second kappa shape index (κ2) is 17.7. The zero-order valence-corrected chi connectivity index (χ0v) is 30.8. The van der Waals surface area contributed by atoms with Gasteiger partial charge in [0.2, 0.25) is 0 Å². The number of ether oxygens (including phenoxy) is 1. The van der Waals surface area contributed by atoms with Crippen LogP contribution in [0.1, 0.15) is 79.9 Å². The average molecular weight is 678 g/mol. The number of ketones is 2. The zero-order valence-electron chi connectivity index (χ0n) is 30.8. The lowest BCUT2D eigenvalue weighted by Gasteiger charge is -2.37. The number of carbonyl (C=O) groups excluding carboxylic acids is 2. The smallest absolute Gasteiger partial charge is 0.194 e. The molecule has 4 nitrogen and oxygen atoms in total. The van der Waals surface area contributed by atoms with E-state index in [1.54, 1.807) is 0 Å². The van der Waals surface area contributed by atoms with Crippen molar-refractivity contribution in [1.82, 2.24) is 4.90 Å². The van der Waals surface area contributed by atoms with Gasteiger partial charge in [-0.2, -0.15) is 0 Å². The van der Waals surface area contributed by atoms with Gasteiger partial charge in [-0.15, -0.1) is 0 Å². The minimum absolute atomic E-state index is 0.0468. The minimum atomic E-state index is -0.582. The number of hydrogen-bond donors (Lipinski definition) is 0. The van der Waals surface area contributed by atoms with Crippen molar-refractivity contribution in [2.24, 2.45) is 0 Å². The summed E-state index contributed by atoms with van der Waals surface area (Å²) in [7, 11) is 4.14. The standard InChI is InChI=1S/C26H24O2.C21H27NO/c1-2-3-8-18-28-25-17-16-24(21-13-6-7-14-22(21)25)26(27)23-15-9-11-19-10-4-5-12-20(19)23;1-5-20(23)21(16-17(2)22(3)4,18-12-8-6-9-13-18)19-14-10-7-11-15-19/h4-7,9-17H,2-3,8,18H2,1H3;6-15,17H,5,16H2,1-4H3. The number of nitrogens with zero attached hydrogens (tertiary/aromatic N) is 1. The molecule has 262 valence electrons. The van der Waals surface area contributed by atoms with Crippen molar-refractivity contribution in [3.05, 3.63) is 162 Å². The number of rotatable bonds is 14. The fourth-order valence-corrected chi connectivity index (χ4v) is 6.91. The molecule has 0 aliphatic carbocycles. The Morgan fingerprint density at radius 1 is 0.627 bits per heavy atom. The summed E-state index contributed by atoms with van der Waals surface area (Å²) in [5.74, 6) is 1.18. The molecular formula is C47H51NO3. The third kappa shape index (κ3) is 8.46. The fraction of sp³-hybridized carbons (Fsp3) is 0.277. The molecule has 0 aliphatic heterocycles. The van der Waals surface area contributed by atoms with E-state index in [1.807, 2.05) is 122 Å². The molecule has 6 rings (SSSR count). The molecule has 0 bridgehead atoms. The van der Waals surface area contributed by atoms with Crippen LogP contribution in [0.25, 0.3) is 21.5 Å². The summed E-state index contributed by atoms with van der Waals surface area (Å²) in [6, 6.07) is 46.5. The maximum absolute atomic E-state index is 13.4. The van der Waals surface area contributed by atoms with Crippen molar-refractivity contribution >= 4 is 33.1 Å². The van der Waals surface area contributed by atoms with Gasteiger partial charge < -0.3 is 9.64 Å². The van der Waals surface area contributed by atoms with Gasteiger partial charge in [0.1, 0.15) is 11.5 Å². The van der Waals surface area contributed by atoms with E-state index in [1.165, 1.54) is 6.42 Å². The summed E-state index contributed by atoms with van der Waals surface area (Å²) in [4.78, 5) is 28.8. The highest BCUT2D eigenvalue weighted by molar-refractivity contribution is 6.21. The highest BCUT2D eigenvalue weighted by Crippen LogP contribution is 2.39. The van der Waals surface area contributed by atoms with Gasteiger partial charge in [-0.25, -0.2) is 0 Å². The van der Waals surface area contributed by atoms with Crippen LogP contribution in [-0.4, -0.2) is 43.2 Å². The van der Waals surface area contributed by atoms with Crippen LogP contribution in [0.15, 0.2) is 140 Å². The lowest BCUT2D eigenvalue weighted by atomic mass is 9.67. The van der Waals surface area contributed by atoms with E-state index < -0.39 is 5.41 Å². The molecule has 1 atom stereocenters. The van der Waals surface area contributed by atoms with E-state index in [0.29, 0.717) is 24.6 Å². The van der Waals surface area contributed by atoms with Gasteiger partial charge in [-0.3, -0.25) is 9.59 Å². The molecule has 0 saturated carbocycles. The summed E-state index contributed by atoms with van der Waals surface area (Å²) in [6.07, 6.45) is 4.68. The molecule has 0 N–H and O–H groups in total. The Labute approximate surface area is 304 Å². The van der Waals surface area contributed by atoms with E-state index in [9.17, 15) is 9.59 Å². The van der Waals surface area contributed by atoms with Gasteiger partial charge >= 0.3 is 0 Å². The van der Waals surface area contributed by atoms with Crippen molar-refractivity contribution in [2.75, 3.05) is 20.7 Å². The molecule has 0 fully saturated rings. The number of Topliss-reactive ketones (excluding diaryl/α,β-unsaturated/α-hetero) is 1. The summed E-state index contributed by atoms with van der Waals surface area (Å²) >= 11 is 0. The number of fused-ring (bicyclic) bond motifs is 2. The largest absolute Gasteiger partial charge is 0.493 e. The van der Waals surface area contributed by atoms with Gasteiger partial charge in [0.25, 0.3) is 0 Å². The molecule has 0 aromatic heterocycles. The molecule has 0 heterocycles. The van der Waals surface area contributed by atoms with Crippen molar-refractivity contribution < 1.29 is 14.3 Å². The second-order valence-electron chi connectivity index (χ2n) is 13.5. The predicted molar refractivity (Wildman–Crippen MR) is 213 cm³/mol. The Morgan fingerprint density at radius 2 is 1.18 bits per heavy atom. The fourth-order valence-electron chi connectivity index (χ4n) is 6.91. The molecule has 0 spiro atoms. The van der Waals surface area contributed by atoms with Crippen LogP contribution in [-0.2, 0) is 10.2 Å². The summed E-state index contributed by atoms with van der Waals surface area (Å²) in [6.45, 7) is 7.03. The van der Waals surface area contributed by atoms with Crippen LogP contribution >= 0.6 is 0 Å². The first-order chi connectivity index (χ1) is 24.8. The third-order valence-corrected chi connectivity index (χ3v) is 9.98. The van der Waals surface area contributed by atoms with Crippen LogP contribution in [0.4, 0.5) is 0 Å². The van der Waals surface area contributed by atoms with E-state index in [4.69, 9.17) is 4.74 Å². The summed E-state index contributed by atoms with van der Waals surface area (Å²) in [5, 5.41) is 3.99. The predicted octanol–water partition coefficient (Wildman–Crippen LogP) is 11.1. The topological polar surface area (TPSA) is 46.6 Å². The number of carbonyl (C=O) groups is 2. The maximum Gasteiger partial charge on any atom is 0.194 e. The number of unbranched alkanes of at least 4 members (excludes halogenated alkanes) is 2. The number of hydrogen-bond acceptors (Lipinski definition) is 4. The second-order valence-corrected chi connectivity index (χ2v) is 13.5.